The minimum atomic E-state index is -4.49. The topological polar surface area (TPSA) is 123 Å². The highest BCUT2D eigenvalue weighted by atomic mass is 19.4. The van der Waals surface area contributed by atoms with Gasteiger partial charge >= 0.3 is 6.18 Å². The first-order chi connectivity index (χ1) is 16.1. The van der Waals surface area contributed by atoms with E-state index in [1.807, 2.05) is 0 Å². The molecule has 0 bridgehead atoms. The smallest absolute Gasteiger partial charge is 0.418 e. The van der Waals surface area contributed by atoms with Crippen molar-refractivity contribution in [2.75, 3.05) is 11.1 Å². The van der Waals surface area contributed by atoms with Crippen molar-refractivity contribution < 1.29 is 27.2 Å². The van der Waals surface area contributed by atoms with Crippen molar-refractivity contribution in [2.45, 2.75) is 38.9 Å². The lowest BCUT2D eigenvalue weighted by Gasteiger charge is -2.16. The highest BCUT2D eigenvalue weighted by molar-refractivity contribution is 5.98. The second-order valence-electron chi connectivity index (χ2n) is 8.34. The number of alkyl halides is 3. The van der Waals surface area contributed by atoms with Crippen LogP contribution < -0.4 is 16.4 Å². The zero-order valence-corrected chi connectivity index (χ0v) is 18.2. The molecule has 34 heavy (non-hydrogen) atoms. The lowest BCUT2D eigenvalue weighted by atomic mass is 9.97. The van der Waals surface area contributed by atoms with Crippen LogP contribution in [0.25, 0.3) is 0 Å². The number of nitrogen functional groups attached to an aromatic ring is 1. The quantitative estimate of drug-likeness (QED) is 0.415. The van der Waals surface area contributed by atoms with Gasteiger partial charge in [0.15, 0.2) is 5.76 Å². The summed E-state index contributed by atoms with van der Waals surface area (Å²) in [6.07, 6.45) is -0.731. The molecule has 3 aromatic rings. The Hall–Kier alpha value is -3.89. The summed E-state index contributed by atoms with van der Waals surface area (Å²) in [4.78, 5) is 32.9. The van der Waals surface area contributed by atoms with Crippen molar-refractivity contribution in [1.29, 1.82) is 0 Å². The summed E-state index contributed by atoms with van der Waals surface area (Å²) in [5.41, 5.74) is 5.15. The van der Waals surface area contributed by atoms with Gasteiger partial charge in [-0.2, -0.15) is 13.2 Å². The first-order valence-corrected chi connectivity index (χ1v) is 10.5. The van der Waals surface area contributed by atoms with Gasteiger partial charge in [-0.1, -0.05) is 11.6 Å². The van der Waals surface area contributed by atoms with Crippen LogP contribution in [0, 0.1) is 12.3 Å². The normalized spacial score (nSPS) is 14.5. The molecule has 0 atom stereocenters. The Labute approximate surface area is 192 Å². The van der Waals surface area contributed by atoms with Crippen molar-refractivity contribution in [3.05, 3.63) is 65.3 Å². The highest BCUT2D eigenvalue weighted by Crippen LogP contribution is 2.49. The fraction of sp³-hybridized carbons (Fsp3) is 0.304. The van der Waals surface area contributed by atoms with Crippen LogP contribution in [0.2, 0.25) is 0 Å². The van der Waals surface area contributed by atoms with Gasteiger partial charge in [0.2, 0.25) is 11.7 Å². The van der Waals surface area contributed by atoms with Crippen LogP contribution in [0.3, 0.4) is 0 Å². The van der Waals surface area contributed by atoms with E-state index >= 15 is 0 Å². The molecule has 178 valence electrons. The Balaban J connectivity index is 1.35. The van der Waals surface area contributed by atoms with Gasteiger partial charge in [-0.25, -0.2) is 4.98 Å². The van der Waals surface area contributed by atoms with Gasteiger partial charge in [0.25, 0.3) is 6.01 Å². The summed E-state index contributed by atoms with van der Waals surface area (Å²) in [7, 11) is 0. The number of anilines is 3. The second kappa shape index (κ2) is 8.81. The third kappa shape index (κ3) is 5.19. The molecule has 0 aliphatic heterocycles. The van der Waals surface area contributed by atoms with E-state index in [-0.39, 0.29) is 42.1 Å². The molecule has 0 unspecified atom stereocenters. The molecular formula is C23H22F3N5O3. The number of aryl methyl sites for hydroxylation is 1. The molecule has 8 nitrogen and oxygen atoms in total. The zero-order chi connectivity index (χ0) is 24.5. The number of oxazole rings is 1. The van der Waals surface area contributed by atoms with Crippen molar-refractivity contribution >= 4 is 29.1 Å². The summed E-state index contributed by atoms with van der Waals surface area (Å²) in [5.74, 6) is -0.602. The molecule has 1 saturated carbocycles. The molecule has 1 aliphatic rings. The number of pyridine rings is 1. The molecule has 1 fully saturated rings. The number of hydrogen-bond donors (Lipinski definition) is 3. The number of aromatic nitrogens is 2. The van der Waals surface area contributed by atoms with E-state index in [0.29, 0.717) is 29.8 Å². The van der Waals surface area contributed by atoms with Gasteiger partial charge in [-0.05, 0) is 44.0 Å². The summed E-state index contributed by atoms with van der Waals surface area (Å²) in [6.45, 7) is 1.71. The largest absolute Gasteiger partial charge is 0.421 e. The van der Waals surface area contributed by atoms with Crippen molar-refractivity contribution in [3.63, 3.8) is 0 Å². The average molecular weight is 473 g/mol. The monoisotopic (exact) mass is 473 g/mol. The van der Waals surface area contributed by atoms with Crippen LogP contribution >= 0.6 is 0 Å². The lowest BCUT2D eigenvalue weighted by molar-refractivity contribution is -0.137. The minimum absolute atomic E-state index is 0.0121. The molecular weight excluding hydrogens is 451 g/mol. The zero-order valence-electron chi connectivity index (χ0n) is 18.2. The highest BCUT2D eigenvalue weighted by Gasteiger charge is 2.51. The fourth-order valence-electron chi connectivity index (χ4n) is 3.56. The first kappa shape index (κ1) is 23.3. The van der Waals surface area contributed by atoms with E-state index in [2.05, 4.69) is 20.6 Å². The minimum Gasteiger partial charge on any atom is -0.421 e. The SMILES string of the molecule is Cc1ccc(Nc2ccc(CNC(=O)C3(CC(=O)c4cnc(N)o4)CC3)nc2)c(C(F)(F)F)c1. The Morgan fingerprint density at radius 2 is 1.91 bits per heavy atom. The standard InChI is InChI=1S/C23H22F3N5O3/c1-13-2-5-17(16(8-13)23(24,25)26)31-15-4-3-14(28-11-15)10-29-20(33)22(6-7-22)9-18(32)19-12-30-21(27)34-19/h2-5,8,11-12,31H,6-7,9-10H2,1H3,(H2,27,30)(H,29,33). The predicted molar refractivity (Wildman–Crippen MR) is 117 cm³/mol. The molecule has 11 heteroatoms. The summed E-state index contributed by atoms with van der Waals surface area (Å²) in [6, 6.07) is 7.11. The van der Waals surface area contributed by atoms with Crippen LogP contribution in [0.5, 0.6) is 0 Å². The number of ketones is 1. The number of carbonyl (C=O) groups is 2. The Morgan fingerprint density at radius 3 is 2.50 bits per heavy atom. The molecule has 1 aromatic carbocycles. The molecule has 1 amide bonds. The van der Waals surface area contributed by atoms with Crippen molar-refractivity contribution in [1.82, 2.24) is 15.3 Å². The number of rotatable bonds is 8. The maximum absolute atomic E-state index is 13.3. The number of carbonyl (C=O) groups excluding carboxylic acids is 2. The number of benzene rings is 1. The van der Waals surface area contributed by atoms with Crippen LogP contribution in [-0.4, -0.2) is 21.7 Å². The van der Waals surface area contributed by atoms with E-state index in [1.54, 1.807) is 25.1 Å². The first-order valence-electron chi connectivity index (χ1n) is 10.5. The summed E-state index contributed by atoms with van der Waals surface area (Å²) < 4.78 is 45.0. The maximum Gasteiger partial charge on any atom is 0.418 e. The molecule has 1 aliphatic carbocycles. The number of Topliss-reactive ketones (excluding diaryl/α,β-unsaturated/α-hetero) is 1. The number of halogens is 3. The number of nitrogens with two attached hydrogens (primary N) is 1. The molecule has 4 N–H and O–H groups in total. The number of amides is 1. The Bertz CT molecular complexity index is 1220. The fourth-order valence-corrected chi connectivity index (χ4v) is 3.56. The predicted octanol–water partition coefficient (Wildman–Crippen LogP) is 4.39. The molecule has 2 aromatic heterocycles. The number of hydrogen-bond acceptors (Lipinski definition) is 7. The molecule has 0 saturated heterocycles. The third-order valence-electron chi connectivity index (χ3n) is 5.65. The Morgan fingerprint density at radius 1 is 1.15 bits per heavy atom. The average Bonchev–Trinajstić information content (AvgIpc) is 3.44. The van der Waals surface area contributed by atoms with E-state index in [1.165, 1.54) is 18.5 Å². The van der Waals surface area contributed by atoms with Gasteiger partial charge in [-0.3, -0.25) is 14.6 Å². The third-order valence-corrected chi connectivity index (χ3v) is 5.65. The number of nitrogens with one attached hydrogen (secondary N) is 2. The summed E-state index contributed by atoms with van der Waals surface area (Å²) >= 11 is 0. The van der Waals surface area contributed by atoms with Crippen LogP contribution in [0.1, 0.15) is 46.6 Å². The van der Waals surface area contributed by atoms with Crippen LogP contribution in [0.15, 0.2) is 47.1 Å². The van der Waals surface area contributed by atoms with E-state index < -0.39 is 17.2 Å². The van der Waals surface area contributed by atoms with E-state index in [0.717, 1.165) is 6.07 Å². The maximum atomic E-state index is 13.3. The van der Waals surface area contributed by atoms with Gasteiger partial charge in [-0.15, -0.1) is 0 Å². The van der Waals surface area contributed by atoms with Crippen molar-refractivity contribution in [2.24, 2.45) is 5.41 Å². The molecule has 4 rings (SSSR count). The lowest BCUT2D eigenvalue weighted by Crippen LogP contribution is -2.33. The van der Waals surface area contributed by atoms with Gasteiger partial charge in [0, 0.05) is 6.42 Å². The molecule has 2 heterocycles. The van der Waals surface area contributed by atoms with Gasteiger partial charge < -0.3 is 20.8 Å². The van der Waals surface area contributed by atoms with Gasteiger partial charge in [0.05, 0.1) is 47.0 Å². The van der Waals surface area contributed by atoms with Crippen LogP contribution in [-0.2, 0) is 17.5 Å². The van der Waals surface area contributed by atoms with E-state index in [9.17, 15) is 22.8 Å². The molecule has 0 radical (unpaired) electrons. The van der Waals surface area contributed by atoms with E-state index in [4.69, 9.17) is 10.2 Å². The van der Waals surface area contributed by atoms with Crippen LogP contribution in [0.4, 0.5) is 30.6 Å². The van der Waals surface area contributed by atoms with Crippen molar-refractivity contribution in [3.8, 4) is 0 Å². The Kier molecular flexibility index (Phi) is 6.03. The number of nitrogens with zero attached hydrogens (tertiary/aromatic N) is 2. The van der Waals surface area contributed by atoms with Gasteiger partial charge in [0.1, 0.15) is 0 Å². The molecule has 0 spiro atoms. The summed E-state index contributed by atoms with van der Waals surface area (Å²) in [5, 5.41) is 5.52. The second-order valence-corrected chi connectivity index (χ2v) is 8.34.